The van der Waals surface area contributed by atoms with Gasteiger partial charge in [0.15, 0.2) is 0 Å². The molecule has 0 radical (unpaired) electrons. The number of amides is 1. The smallest absolute Gasteiger partial charge is 0.243 e. The second-order valence-electron chi connectivity index (χ2n) is 7.05. The van der Waals surface area contributed by atoms with Crippen LogP contribution in [-0.2, 0) is 21.4 Å². The molecule has 0 aliphatic carbocycles. The summed E-state index contributed by atoms with van der Waals surface area (Å²) in [5, 5.41) is 3.51. The Kier molecular flexibility index (Phi) is 7.16. The zero-order valence-electron chi connectivity index (χ0n) is 16.3. The summed E-state index contributed by atoms with van der Waals surface area (Å²) in [4.78, 5) is 12.7. The molecule has 3 rings (SSSR count). The summed E-state index contributed by atoms with van der Waals surface area (Å²) in [6.07, 6.45) is 2.51. The van der Waals surface area contributed by atoms with E-state index in [9.17, 15) is 13.2 Å². The number of sulfonamides is 1. The predicted octanol–water partition coefficient (Wildman–Crippen LogP) is 3.60. The molecule has 0 spiro atoms. The van der Waals surface area contributed by atoms with Crippen LogP contribution in [0.3, 0.4) is 0 Å². The summed E-state index contributed by atoms with van der Waals surface area (Å²) in [5.41, 5.74) is 0.939. The Balaban J connectivity index is 1.66. The summed E-state index contributed by atoms with van der Waals surface area (Å²) in [7, 11) is -2.14. The van der Waals surface area contributed by atoms with Crippen molar-refractivity contribution >= 4 is 27.5 Å². The van der Waals surface area contributed by atoms with Crippen LogP contribution in [0.1, 0.15) is 31.2 Å². The fourth-order valence-corrected chi connectivity index (χ4v) is 5.29. The highest BCUT2D eigenvalue weighted by Crippen LogP contribution is 2.28. The van der Waals surface area contributed by atoms with E-state index in [4.69, 9.17) is 16.3 Å². The molecule has 0 bridgehead atoms. The molecule has 2 aromatic carbocycles. The molecule has 6 nitrogen and oxygen atoms in total. The van der Waals surface area contributed by atoms with Crippen molar-refractivity contribution in [1.29, 1.82) is 0 Å². The topological polar surface area (TPSA) is 75.7 Å². The predicted molar refractivity (Wildman–Crippen MR) is 112 cm³/mol. The van der Waals surface area contributed by atoms with E-state index in [-0.39, 0.29) is 23.3 Å². The third-order valence-electron chi connectivity index (χ3n) is 5.06. The molecule has 2 aromatic rings. The summed E-state index contributed by atoms with van der Waals surface area (Å²) in [6, 6.07) is 13.2. The van der Waals surface area contributed by atoms with Gasteiger partial charge in [0.2, 0.25) is 15.9 Å². The molecule has 1 aliphatic rings. The molecule has 1 saturated heterocycles. The van der Waals surface area contributed by atoms with Crippen molar-refractivity contribution in [1.82, 2.24) is 9.62 Å². The van der Waals surface area contributed by atoms with Crippen LogP contribution in [0.15, 0.2) is 53.4 Å². The van der Waals surface area contributed by atoms with Crippen molar-refractivity contribution in [2.45, 2.75) is 43.2 Å². The Morgan fingerprint density at radius 1 is 1.14 bits per heavy atom. The lowest BCUT2D eigenvalue weighted by atomic mass is 10.0. The number of nitrogens with zero attached hydrogens (tertiary/aromatic N) is 1. The largest absolute Gasteiger partial charge is 0.497 e. The molecule has 1 atom stereocenters. The minimum atomic E-state index is -3.67. The Morgan fingerprint density at radius 2 is 1.83 bits per heavy atom. The average Bonchev–Trinajstić information content (AvgIpc) is 2.73. The molecule has 0 saturated carbocycles. The average molecular weight is 437 g/mol. The van der Waals surface area contributed by atoms with Crippen molar-refractivity contribution in [3.05, 3.63) is 59.1 Å². The molecule has 0 aromatic heterocycles. The number of benzene rings is 2. The number of hydrogen-bond acceptors (Lipinski definition) is 4. The van der Waals surface area contributed by atoms with Gasteiger partial charge < -0.3 is 10.1 Å². The van der Waals surface area contributed by atoms with Crippen molar-refractivity contribution in [3.8, 4) is 5.75 Å². The molecule has 1 N–H and O–H groups in total. The summed E-state index contributed by atoms with van der Waals surface area (Å²) in [5.74, 6) is 0.433. The molecule has 29 heavy (non-hydrogen) atoms. The number of nitrogens with one attached hydrogen (secondary N) is 1. The maximum Gasteiger partial charge on any atom is 0.243 e. The van der Waals surface area contributed by atoms with Crippen LogP contribution in [0, 0.1) is 0 Å². The first-order chi connectivity index (χ1) is 13.9. The number of piperidine rings is 1. The minimum absolute atomic E-state index is 0.142. The van der Waals surface area contributed by atoms with Gasteiger partial charge in [0.05, 0.1) is 12.0 Å². The van der Waals surface area contributed by atoms with Crippen LogP contribution in [0.2, 0.25) is 5.02 Å². The van der Waals surface area contributed by atoms with Gasteiger partial charge in [-0.1, -0.05) is 30.2 Å². The van der Waals surface area contributed by atoms with E-state index in [1.165, 1.54) is 11.4 Å². The number of methoxy groups -OCH3 is 1. The molecule has 1 aliphatic heterocycles. The van der Waals surface area contributed by atoms with Crippen LogP contribution >= 0.6 is 11.6 Å². The molecule has 156 valence electrons. The van der Waals surface area contributed by atoms with Gasteiger partial charge in [-0.15, -0.1) is 0 Å². The Morgan fingerprint density at radius 3 is 2.48 bits per heavy atom. The van der Waals surface area contributed by atoms with Gasteiger partial charge in [0, 0.05) is 30.6 Å². The number of rotatable bonds is 7. The molecular formula is C21H25ClN2O4S. The van der Waals surface area contributed by atoms with Gasteiger partial charge in [0.1, 0.15) is 5.75 Å². The van der Waals surface area contributed by atoms with Gasteiger partial charge in [0.25, 0.3) is 0 Å². The SMILES string of the molecule is COc1ccc(S(=O)(=O)N2CCCCC2CC(=O)NCc2ccc(Cl)cc2)cc1. The standard InChI is InChI=1S/C21H25ClN2O4S/c1-28-19-9-11-20(12-10-19)29(26,27)24-13-3-2-4-18(24)14-21(25)23-15-16-5-7-17(22)8-6-16/h5-12,18H,2-4,13-15H2,1H3,(H,23,25). The van der Waals surface area contributed by atoms with E-state index in [1.807, 2.05) is 12.1 Å². The maximum absolute atomic E-state index is 13.1. The maximum atomic E-state index is 13.1. The van der Waals surface area contributed by atoms with E-state index < -0.39 is 10.0 Å². The normalized spacial score (nSPS) is 17.7. The lowest BCUT2D eigenvalue weighted by molar-refractivity contribution is -0.122. The van der Waals surface area contributed by atoms with Gasteiger partial charge in [-0.2, -0.15) is 4.31 Å². The first kappa shape index (κ1) is 21.6. The van der Waals surface area contributed by atoms with Gasteiger partial charge in [-0.25, -0.2) is 8.42 Å². The summed E-state index contributed by atoms with van der Waals surface area (Å²) in [6.45, 7) is 0.803. The number of hydrogen-bond donors (Lipinski definition) is 1. The van der Waals surface area contributed by atoms with Gasteiger partial charge >= 0.3 is 0 Å². The van der Waals surface area contributed by atoms with Crippen LogP contribution < -0.4 is 10.1 Å². The zero-order chi connectivity index (χ0) is 20.9. The summed E-state index contributed by atoms with van der Waals surface area (Å²) >= 11 is 5.87. The lowest BCUT2D eigenvalue weighted by Gasteiger charge is -2.34. The Hall–Kier alpha value is -2.09. The summed E-state index contributed by atoms with van der Waals surface area (Å²) < 4.78 is 32.8. The third kappa shape index (κ3) is 5.50. The minimum Gasteiger partial charge on any atom is -0.497 e. The van der Waals surface area contributed by atoms with Crippen LogP contribution in [0.5, 0.6) is 5.75 Å². The number of ether oxygens (including phenoxy) is 1. The van der Waals surface area contributed by atoms with E-state index in [0.717, 1.165) is 18.4 Å². The van der Waals surface area contributed by atoms with E-state index >= 15 is 0 Å². The molecule has 1 amide bonds. The monoisotopic (exact) mass is 436 g/mol. The van der Waals surface area contributed by atoms with Gasteiger partial charge in [-0.05, 0) is 54.8 Å². The number of carbonyl (C=O) groups is 1. The van der Waals surface area contributed by atoms with Crippen LogP contribution in [0.25, 0.3) is 0 Å². The highest BCUT2D eigenvalue weighted by molar-refractivity contribution is 7.89. The van der Waals surface area contributed by atoms with Crippen LogP contribution in [-0.4, -0.2) is 38.3 Å². The number of carbonyl (C=O) groups excluding carboxylic acids is 1. The number of halogens is 1. The Labute approximate surface area is 176 Å². The van der Waals surface area contributed by atoms with Crippen molar-refractivity contribution in [3.63, 3.8) is 0 Å². The van der Waals surface area contributed by atoms with E-state index in [2.05, 4.69) is 5.32 Å². The molecule has 1 unspecified atom stereocenters. The van der Waals surface area contributed by atoms with Crippen molar-refractivity contribution < 1.29 is 17.9 Å². The van der Waals surface area contributed by atoms with E-state index in [1.54, 1.807) is 36.4 Å². The molecule has 8 heteroatoms. The van der Waals surface area contributed by atoms with Crippen LogP contribution in [0.4, 0.5) is 0 Å². The second-order valence-corrected chi connectivity index (χ2v) is 9.38. The van der Waals surface area contributed by atoms with Gasteiger partial charge in [-0.3, -0.25) is 4.79 Å². The highest BCUT2D eigenvalue weighted by Gasteiger charge is 2.34. The second kappa shape index (κ2) is 9.61. The first-order valence-corrected chi connectivity index (χ1v) is 11.4. The lowest BCUT2D eigenvalue weighted by Crippen LogP contribution is -2.45. The quantitative estimate of drug-likeness (QED) is 0.719. The fourth-order valence-electron chi connectivity index (χ4n) is 3.47. The third-order valence-corrected chi connectivity index (χ3v) is 7.28. The first-order valence-electron chi connectivity index (χ1n) is 9.57. The molecular weight excluding hydrogens is 412 g/mol. The highest BCUT2D eigenvalue weighted by atomic mass is 35.5. The Bertz CT molecular complexity index is 930. The molecule has 1 heterocycles. The van der Waals surface area contributed by atoms with Crippen molar-refractivity contribution in [2.24, 2.45) is 0 Å². The van der Waals surface area contributed by atoms with E-state index in [0.29, 0.717) is 30.3 Å². The zero-order valence-corrected chi connectivity index (χ0v) is 17.9. The molecule has 1 fully saturated rings. The fraction of sp³-hybridized carbons (Fsp3) is 0.381. The van der Waals surface area contributed by atoms with Crippen molar-refractivity contribution in [2.75, 3.05) is 13.7 Å².